The van der Waals surface area contributed by atoms with E-state index in [0.29, 0.717) is 25.0 Å². The number of benzene rings is 1. The molecule has 0 aromatic heterocycles. The van der Waals surface area contributed by atoms with Crippen molar-refractivity contribution < 1.29 is 14.3 Å². The highest BCUT2D eigenvalue weighted by atomic mass is 16.5. The van der Waals surface area contributed by atoms with Gasteiger partial charge in [0.2, 0.25) is 5.91 Å². The second-order valence-electron chi connectivity index (χ2n) is 8.15. The van der Waals surface area contributed by atoms with Crippen molar-refractivity contribution in [3.8, 4) is 0 Å². The summed E-state index contributed by atoms with van der Waals surface area (Å²) >= 11 is 0. The van der Waals surface area contributed by atoms with Crippen LogP contribution in [0, 0.1) is 5.92 Å². The average molecular weight is 387 g/mol. The first-order chi connectivity index (χ1) is 13.6. The Balaban J connectivity index is 1.60. The van der Waals surface area contributed by atoms with Gasteiger partial charge in [0.1, 0.15) is 6.04 Å². The van der Waals surface area contributed by atoms with E-state index in [4.69, 9.17) is 4.74 Å². The van der Waals surface area contributed by atoms with Crippen LogP contribution in [0.15, 0.2) is 30.3 Å². The molecule has 1 amide bonds. The van der Waals surface area contributed by atoms with Gasteiger partial charge in [0.15, 0.2) is 0 Å². The minimum absolute atomic E-state index is 0.128. The molecule has 1 aliphatic heterocycles. The molecule has 3 rings (SSSR count). The Morgan fingerprint density at radius 1 is 1.18 bits per heavy atom. The fraction of sp³-hybridized carbons (Fsp3) is 0.652. The zero-order valence-electron chi connectivity index (χ0n) is 17.2. The molecule has 1 aromatic rings. The van der Waals surface area contributed by atoms with Gasteiger partial charge in [-0.15, -0.1) is 0 Å². The molecule has 5 nitrogen and oxygen atoms in total. The zero-order chi connectivity index (χ0) is 19.9. The van der Waals surface area contributed by atoms with Crippen molar-refractivity contribution in [1.29, 1.82) is 0 Å². The number of carbonyl (C=O) groups excluding carboxylic acids is 2. The van der Waals surface area contributed by atoms with Crippen LogP contribution in [-0.2, 0) is 20.7 Å². The van der Waals surface area contributed by atoms with Crippen LogP contribution in [-0.4, -0.2) is 48.1 Å². The van der Waals surface area contributed by atoms with Crippen LogP contribution in [0.4, 0.5) is 0 Å². The normalized spacial score (nSPS) is 23.7. The summed E-state index contributed by atoms with van der Waals surface area (Å²) in [6.07, 6.45) is 7.39. The number of hydrogen-bond acceptors (Lipinski definition) is 4. The Kier molecular flexibility index (Phi) is 7.49. The van der Waals surface area contributed by atoms with Crippen molar-refractivity contribution in [3.05, 3.63) is 35.9 Å². The summed E-state index contributed by atoms with van der Waals surface area (Å²) in [4.78, 5) is 27.6. The lowest BCUT2D eigenvalue weighted by atomic mass is 9.85. The van der Waals surface area contributed by atoms with Gasteiger partial charge in [-0.25, -0.2) is 0 Å². The number of nitrogens with zero attached hydrogens (tertiary/aromatic N) is 1. The van der Waals surface area contributed by atoms with Crippen molar-refractivity contribution in [2.45, 2.75) is 76.9 Å². The lowest BCUT2D eigenvalue weighted by molar-refractivity contribution is -0.146. The molecule has 2 fully saturated rings. The van der Waals surface area contributed by atoms with Gasteiger partial charge in [0, 0.05) is 12.6 Å². The van der Waals surface area contributed by atoms with Crippen LogP contribution in [0.25, 0.3) is 0 Å². The zero-order valence-corrected chi connectivity index (χ0v) is 17.2. The highest BCUT2D eigenvalue weighted by molar-refractivity contribution is 5.83. The molecular weight excluding hydrogens is 352 g/mol. The van der Waals surface area contributed by atoms with Crippen LogP contribution in [0.2, 0.25) is 0 Å². The van der Waals surface area contributed by atoms with Crippen LogP contribution in [0.3, 0.4) is 0 Å². The Bertz CT molecular complexity index is 649. The summed E-state index contributed by atoms with van der Waals surface area (Å²) in [5.41, 5.74) is 1.18. The third kappa shape index (κ3) is 5.13. The van der Waals surface area contributed by atoms with Crippen molar-refractivity contribution in [3.63, 3.8) is 0 Å². The number of carbonyl (C=O) groups is 2. The number of amides is 1. The summed E-state index contributed by atoms with van der Waals surface area (Å²) in [6, 6.07) is 9.66. The molecule has 1 saturated heterocycles. The third-order valence-electron chi connectivity index (χ3n) is 6.25. The molecule has 1 heterocycles. The number of rotatable bonds is 8. The Morgan fingerprint density at radius 3 is 2.68 bits per heavy atom. The van der Waals surface area contributed by atoms with Gasteiger partial charge in [0.25, 0.3) is 0 Å². The highest BCUT2D eigenvalue weighted by Crippen LogP contribution is 2.36. The molecule has 0 spiro atoms. The SMILES string of the molecule is CCOC(=O)C(CCc1ccccc1)NC(C)C(=O)N1CCC2CCCCC21. The summed E-state index contributed by atoms with van der Waals surface area (Å²) in [7, 11) is 0. The number of aryl methyl sites for hydroxylation is 1. The Hall–Kier alpha value is -1.88. The van der Waals surface area contributed by atoms with Crippen molar-refractivity contribution in [1.82, 2.24) is 10.2 Å². The van der Waals surface area contributed by atoms with Crippen LogP contribution in [0.5, 0.6) is 0 Å². The summed E-state index contributed by atoms with van der Waals surface area (Å²) < 4.78 is 5.26. The molecule has 1 saturated carbocycles. The molecule has 1 N–H and O–H groups in total. The highest BCUT2D eigenvalue weighted by Gasteiger charge is 2.39. The molecule has 0 bridgehead atoms. The van der Waals surface area contributed by atoms with E-state index in [1.165, 1.54) is 24.8 Å². The summed E-state index contributed by atoms with van der Waals surface area (Å²) in [5, 5.41) is 3.28. The van der Waals surface area contributed by atoms with Gasteiger partial charge in [0.05, 0.1) is 12.6 Å². The molecule has 1 aromatic carbocycles. The van der Waals surface area contributed by atoms with Gasteiger partial charge in [-0.3, -0.25) is 14.9 Å². The molecule has 1 aliphatic carbocycles. The monoisotopic (exact) mass is 386 g/mol. The first-order valence-corrected chi connectivity index (χ1v) is 10.9. The predicted octanol–water partition coefficient (Wildman–Crippen LogP) is 3.32. The van der Waals surface area contributed by atoms with E-state index in [-0.39, 0.29) is 17.9 Å². The lowest BCUT2D eigenvalue weighted by Crippen LogP contribution is -2.52. The Morgan fingerprint density at radius 2 is 1.93 bits per heavy atom. The lowest BCUT2D eigenvalue weighted by Gasteiger charge is -2.34. The van der Waals surface area contributed by atoms with Crippen LogP contribution >= 0.6 is 0 Å². The van der Waals surface area contributed by atoms with E-state index in [2.05, 4.69) is 22.3 Å². The van der Waals surface area contributed by atoms with Gasteiger partial charge in [-0.2, -0.15) is 0 Å². The fourth-order valence-corrected chi connectivity index (χ4v) is 4.77. The fourth-order valence-electron chi connectivity index (χ4n) is 4.77. The Labute approximate surface area is 168 Å². The van der Waals surface area contributed by atoms with Gasteiger partial charge >= 0.3 is 5.97 Å². The van der Waals surface area contributed by atoms with Crippen molar-refractivity contribution in [2.24, 2.45) is 5.92 Å². The molecule has 0 radical (unpaired) electrons. The maximum absolute atomic E-state index is 13.1. The molecule has 5 heteroatoms. The maximum Gasteiger partial charge on any atom is 0.323 e. The quantitative estimate of drug-likeness (QED) is 0.697. The average Bonchev–Trinajstić information content (AvgIpc) is 3.15. The van der Waals surface area contributed by atoms with E-state index < -0.39 is 6.04 Å². The van der Waals surface area contributed by atoms with Crippen LogP contribution in [0.1, 0.15) is 57.9 Å². The number of nitrogens with one attached hydrogen (secondary N) is 1. The molecule has 28 heavy (non-hydrogen) atoms. The predicted molar refractivity (Wildman–Crippen MR) is 110 cm³/mol. The first kappa shape index (κ1) is 20.8. The molecule has 2 aliphatic rings. The maximum atomic E-state index is 13.1. The number of hydrogen-bond donors (Lipinski definition) is 1. The number of ether oxygens (including phenoxy) is 1. The minimum atomic E-state index is -0.469. The topological polar surface area (TPSA) is 58.6 Å². The number of fused-ring (bicyclic) bond motifs is 1. The molecular formula is C23H34N2O3. The minimum Gasteiger partial charge on any atom is -0.465 e. The van der Waals surface area contributed by atoms with E-state index in [1.807, 2.05) is 32.0 Å². The van der Waals surface area contributed by atoms with Crippen LogP contribution < -0.4 is 5.32 Å². The number of esters is 1. The summed E-state index contributed by atoms with van der Waals surface area (Å²) in [6.45, 7) is 4.90. The molecule has 4 unspecified atom stereocenters. The van der Waals surface area contributed by atoms with Crippen molar-refractivity contribution in [2.75, 3.05) is 13.2 Å². The van der Waals surface area contributed by atoms with Gasteiger partial charge in [-0.1, -0.05) is 43.2 Å². The van der Waals surface area contributed by atoms with Crippen molar-refractivity contribution >= 4 is 11.9 Å². The second kappa shape index (κ2) is 10.1. The van der Waals surface area contributed by atoms with E-state index >= 15 is 0 Å². The number of likely N-dealkylation sites (tertiary alicyclic amines) is 1. The summed E-state index contributed by atoms with van der Waals surface area (Å²) in [5.74, 6) is 0.530. The van der Waals surface area contributed by atoms with Gasteiger partial charge in [-0.05, 0) is 57.4 Å². The smallest absolute Gasteiger partial charge is 0.323 e. The van der Waals surface area contributed by atoms with Gasteiger partial charge < -0.3 is 9.64 Å². The van der Waals surface area contributed by atoms with E-state index in [9.17, 15) is 9.59 Å². The largest absolute Gasteiger partial charge is 0.465 e. The standard InChI is InChI=1S/C23H34N2O3/c1-3-28-23(27)20(14-13-18-9-5-4-6-10-18)24-17(2)22(26)25-16-15-19-11-7-8-12-21(19)25/h4-6,9-10,17,19-21,24H,3,7-8,11-16H2,1-2H3. The third-order valence-corrected chi connectivity index (χ3v) is 6.25. The van der Waals surface area contributed by atoms with E-state index in [1.54, 1.807) is 0 Å². The first-order valence-electron chi connectivity index (χ1n) is 10.9. The molecule has 4 atom stereocenters. The second-order valence-corrected chi connectivity index (χ2v) is 8.15. The molecule has 154 valence electrons. The van der Waals surface area contributed by atoms with E-state index in [0.717, 1.165) is 25.8 Å².